The van der Waals surface area contributed by atoms with Crippen LogP contribution < -0.4 is 5.32 Å². The zero-order chi connectivity index (χ0) is 17.5. The van der Waals surface area contributed by atoms with E-state index in [2.05, 4.69) is 41.5 Å². The Morgan fingerprint density at radius 3 is 2.36 bits per heavy atom. The van der Waals surface area contributed by atoms with Gasteiger partial charge in [0, 0.05) is 12.1 Å². The zero-order valence-corrected chi connectivity index (χ0v) is 15.1. The monoisotopic (exact) mass is 336 g/mol. The van der Waals surface area contributed by atoms with E-state index in [-0.39, 0.29) is 5.91 Å². The number of rotatable bonds is 6. The van der Waals surface area contributed by atoms with Crippen LogP contribution in [0.25, 0.3) is 0 Å². The van der Waals surface area contributed by atoms with E-state index in [1.165, 1.54) is 37.1 Å². The highest BCUT2D eigenvalue weighted by atomic mass is 16.1. The molecule has 0 aromatic heterocycles. The lowest BCUT2D eigenvalue weighted by Crippen LogP contribution is -2.30. The van der Waals surface area contributed by atoms with Crippen molar-refractivity contribution in [3.05, 3.63) is 71.3 Å². The van der Waals surface area contributed by atoms with Crippen molar-refractivity contribution < 1.29 is 4.79 Å². The van der Waals surface area contributed by atoms with Crippen molar-refractivity contribution in [3.63, 3.8) is 0 Å². The van der Waals surface area contributed by atoms with Crippen molar-refractivity contribution in [3.8, 4) is 0 Å². The van der Waals surface area contributed by atoms with Gasteiger partial charge in [0.15, 0.2) is 0 Å². The molecule has 3 rings (SSSR count). The highest BCUT2D eigenvalue weighted by Gasteiger charge is 2.17. The summed E-state index contributed by atoms with van der Waals surface area (Å²) >= 11 is 0. The van der Waals surface area contributed by atoms with Crippen molar-refractivity contribution in [1.29, 1.82) is 0 Å². The summed E-state index contributed by atoms with van der Waals surface area (Å²) in [5, 5.41) is 3.01. The largest absolute Gasteiger partial charge is 0.352 e. The molecule has 0 aliphatic carbocycles. The lowest BCUT2D eigenvalue weighted by molar-refractivity contribution is 0.0954. The maximum atomic E-state index is 12.3. The molecule has 2 aromatic carbocycles. The summed E-state index contributed by atoms with van der Waals surface area (Å²) in [4.78, 5) is 14.7. The van der Waals surface area contributed by atoms with Gasteiger partial charge in [0.1, 0.15) is 0 Å². The van der Waals surface area contributed by atoms with Crippen LogP contribution in [0.3, 0.4) is 0 Å². The van der Waals surface area contributed by atoms with E-state index in [9.17, 15) is 4.79 Å². The van der Waals surface area contributed by atoms with Gasteiger partial charge in [-0.1, -0.05) is 42.5 Å². The molecule has 132 valence electrons. The fraction of sp³-hybridized carbons (Fsp3) is 0.409. The Hall–Kier alpha value is -2.13. The molecule has 0 saturated carbocycles. The molecule has 0 radical (unpaired) electrons. The van der Waals surface area contributed by atoms with Crippen molar-refractivity contribution in [2.24, 2.45) is 5.92 Å². The molecule has 1 N–H and O–H groups in total. The maximum absolute atomic E-state index is 12.3. The summed E-state index contributed by atoms with van der Waals surface area (Å²) in [7, 11) is 2.20. The second kappa shape index (κ2) is 8.82. The first kappa shape index (κ1) is 17.7. The molecule has 1 aliphatic rings. The van der Waals surface area contributed by atoms with Gasteiger partial charge in [0.2, 0.25) is 0 Å². The Bertz CT molecular complexity index is 658. The Labute approximate surface area is 151 Å². The number of piperidine rings is 1. The van der Waals surface area contributed by atoms with Crippen LogP contribution in [0.15, 0.2) is 54.6 Å². The van der Waals surface area contributed by atoms with Crippen molar-refractivity contribution >= 4 is 5.91 Å². The lowest BCUT2D eigenvalue weighted by Gasteiger charge is -2.28. The summed E-state index contributed by atoms with van der Waals surface area (Å²) in [6.45, 7) is 3.07. The van der Waals surface area contributed by atoms with Crippen LogP contribution in [0, 0.1) is 5.92 Å². The van der Waals surface area contributed by atoms with Gasteiger partial charge in [0.05, 0.1) is 0 Å². The molecule has 1 heterocycles. The number of nitrogens with zero attached hydrogens (tertiary/aromatic N) is 1. The molecule has 0 bridgehead atoms. The molecule has 3 heteroatoms. The molecule has 1 amide bonds. The first-order valence-corrected chi connectivity index (χ1v) is 9.30. The fourth-order valence-electron chi connectivity index (χ4n) is 3.46. The highest BCUT2D eigenvalue weighted by molar-refractivity contribution is 5.94. The van der Waals surface area contributed by atoms with E-state index in [1.807, 2.05) is 30.3 Å². The predicted octanol–water partition coefficient (Wildman–Crippen LogP) is 3.54. The van der Waals surface area contributed by atoms with Crippen LogP contribution in [0.2, 0.25) is 0 Å². The standard InChI is InChI=1S/C22H28N2O/c1-24-15-12-20(13-16-24)17-19-7-9-21(10-8-19)22(25)23-14-11-18-5-3-2-4-6-18/h2-10,20H,11-17H2,1H3,(H,23,25). The van der Waals surface area contributed by atoms with E-state index in [4.69, 9.17) is 0 Å². The minimum Gasteiger partial charge on any atom is -0.352 e. The molecule has 25 heavy (non-hydrogen) atoms. The molecule has 1 aliphatic heterocycles. The van der Waals surface area contributed by atoms with Gasteiger partial charge in [-0.2, -0.15) is 0 Å². The van der Waals surface area contributed by atoms with Crippen molar-refractivity contribution in [1.82, 2.24) is 10.2 Å². The van der Waals surface area contributed by atoms with Gasteiger partial charge in [0.25, 0.3) is 5.91 Å². The Balaban J connectivity index is 1.45. The van der Waals surface area contributed by atoms with Crippen molar-refractivity contribution in [2.75, 3.05) is 26.7 Å². The smallest absolute Gasteiger partial charge is 0.251 e. The molecule has 2 aromatic rings. The van der Waals surface area contributed by atoms with E-state index < -0.39 is 0 Å². The minimum atomic E-state index is 0.0155. The number of benzene rings is 2. The molecule has 1 saturated heterocycles. The SMILES string of the molecule is CN1CCC(Cc2ccc(C(=O)NCCc3ccccc3)cc2)CC1. The van der Waals surface area contributed by atoms with Crippen LogP contribution in [-0.2, 0) is 12.8 Å². The number of hydrogen-bond donors (Lipinski definition) is 1. The first-order valence-electron chi connectivity index (χ1n) is 9.30. The second-order valence-corrected chi connectivity index (χ2v) is 7.14. The van der Waals surface area contributed by atoms with Crippen LogP contribution >= 0.6 is 0 Å². The third kappa shape index (κ3) is 5.43. The van der Waals surface area contributed by atoms with Gasteiger partial charge in [-0.05, 0) is 75.0 Å². The summed E-state index contributed by atoms with van der Waals surface area (Å²) in [5.74, 6) is 0.795. The molecular formula is C22H28N2O. The average molecular weight is 336 g/mol. The Kier molecular flexibility index (Phi) is 6.24. The third-order valence-electron chi connectivity index (χ3n) is 5.12. The van der Waals surface area contributed by atoms with Gasteiger partial charge >= 0.3 is 0 Å². The summed E-state index contributed by atoms with van der Waals surface area (Å²) in [6, 6.07) is 18.4. The number of likely N-dealkylation sites (tertiary alicyclic amines) is 1. The second-order valence-electron chi connectivity index (χ2n) is 7.14. The van der Waals surface area contributed by atoms with Crippen LogP contribution in [0.1, 0.15) is 34.3 Å². The summed E-state index contributed by atoms with van der Waals surface area (Å²) in [6.07, 6.45) is 4.54. The number of carbonyl (C=O) groups is 1. The Morgan fingerprint density at radius 2 is 1.68 bits per heavy atom. The number of carbonyl (C=O) groups excluding carboxylic acids is 1. The van der Waals surface area contributed by atoms with E-state index >= 15 is 0 Å². The highest BCUT2D eigenvalue weighted by Crippen LogP contribution is 2.21. The zero-order valence-electron chi connectivity index (χ0n) is 15.1. The van der Waals surface area contributed by atoms with E-state index in [0.29, 0.717) is 6.54 Å². The van der Waals surface area contributed by atoms with Crippen LogP contribution in [0.4, 0.5) is 0 Å². The van der Waals surface area contributed by atoms with Crippen LogP contribution in [0.5, 0.6) is 0 Å². The third-order valence-corrected chi connectivity index (χ3v) is 5.12. The molecule has 1 fully saturated rings. The van der Waals surface area contributed by atoms with Crippen LogP contribution in [-0.4, -0.2) is 37.5 Å². The van der Waals surface area contributed by atoms with Gasteiger partial charge in [-0.3, -0.25) is 4.79 Å². The fourth-order valence-corrected chi connectivity index (χ4v) is 3.46. The molecule has 3 nitrogen and oxygen atoms in total. The average Bonchev–Trinajstić information content (AvgIpc) is 2.65. The van der Waals surface area contributed by atoms with Gasteiger partial charge in [-0.25, -0.2) is 0 Å². The number of amides is 1. The normalized spacial score (nSPS) is 15.9. The summed E-state index contributed by atoms with van der Waals surface area (Å²) < 4.78 is 0. The molecule has 0 atom stereocenters. The van der Waals surface area contributed by atoms with Crippen molar-refractivity contribution in [2.45, 2.75) is 25.7 Å². The summed E-state index contributed by atoms with van der Waals surface area (Å²) in [5.41, 5.74) is 3.34. The lowest BCUT2D eigenvalue weighted by atomic mass is 9.90. The number of hydrogen-bond acceptors (Lipinski definition) is 2. The van der Waals surface area contributed by atoms with E-state index in [1.54, 1.807) is 0 Å². The minimum absolute atomic E-state index is 0.0155. The van der Waals surface area contributed by atoms with Gasteiger partial charge in [-0.15, -0.1) is 0 Å². The number of nitrogens with one attached hydrogen (secondary N) is 1. The Morgan fingerprint density at radius 1 is 1.00 bits per heavy atom. The topological polar surface area (TPSA) is 32.3 Å². The molecule has 0 spiro atoms. The predicted molar refractivity (Wildman–Crippen MR) is 103 cm³/mol. The van der Waals surface area contributed by atoms with Gasteiger partial charge < -0.3 is 10.2 Å². The quantitative estimate of drug-likeness (QED) is 0.875. The molecule has 0 unspecified atom stereocenters. The van der Waals surface area contributed by atoms with E-state index in [0.717, 1.165) is 24.3 Å². The first-order chi connectivity index (χ1) is 12.2. The molecular weight excluding hydrogens is 308 g/mol. The maximum Gasteiger partial charge on any atom is 0.251 e.